The van der Waals surface area contributed by atoms with Gasteiger partial charge in [0.15, 0.2) is 0 Å². The van der Waals surface area contributed by atoms with Gasteiger partial charge in [-0.2, -0.15) is 0 Å². The molecular weight excluding hydrogens is 270 g/mol. The topological polar surface area (TPSA) is 37.8 Å². The molecule has 3 heteroatoms. The highest BCUT2D eigenvalue weighted by Gasteiger charge is 2.09. The van der Waals surface area contributed by atoms with E-state index in [1.165, 1.54) is 5.56 Å². The number of hydrogen-bond donors (Lipinski definition) is 1. The third-order valence-electron chi connectivity index (χ3n) is 3.47. The van der Waals surface area contributed by atoms with E-state index in [1.807, 2.05) is 30.5 Å². The summed E-state index contributed by atoms with van der Waals surface area (Å²) in [5, 5.41) is 3.30. The molecule has 0 aliphatic carbocycles. The van der Waals surface area contributed by atoms with Crippen molar-refractivity contribution in [1.29, 1.82) is 0 Å². The molecule has 0 atom stereocenters. The highest BCUT2D eigenvalue weighted by atomic mass is 15.0. The van der Waals surface area contributed by atoms with Gasteiger partial charge in [-0.3, -0.25) is 0 Å². The Hall–Kier alpha value is -2.68. The molecule has 1 heterocycles. The van der Waals surface area contributed by atoms with E-state index >= 15 is 0 Å². The van der Waals surface area contributed by atoms with Crippen molar-refractivity contribution < 1.29 is 0 Å². The predicted molar refractivity (Wildman–Crippen MR) is 90.9 cm³/mol. The number of nitrogens with zero attached hydrogens (tertiary/aromatic N) is 2. The number of rotatable bonds is 5. The minimum absolute atomic E-state index is 0.775. The van der Waals surface area contributed by atoms with Crippen LogP contribution in [-0.2, 0) is 6.42 Å². The van der Waals surface area contributed by atoms with E-state index in [0.717, 1.165) is 35.7 Å². The molecule has 0 saturated carbocycles. The van der Waals surface area contributed by atoms with Gasteiger partial charge >= 0.3 is 0 Å². The van der Waals surface area contributed by atoms with Crippen LogP contribution < -0.4 is 5.32 Å². The van der Waals surface area contributed by atoms with Gasteiger partial charge in [0.2, 0.25) is 0 Å². The molecule has 22 heavy (non-hydrogen) atoms. The van der Waals surface area contributed by atoms with Gasteiger partial charge in [0, 0.05) is 18.5 Å². The van der Waals surface area contributed by atoms with Gasteiger partial charge in [-0.05, 0) is 12.5 Å². The lowest BCUT2D eigenvalue weighted by molar-refractivity contribution is 1.02. The molecule has 0 amide bonds. The number of nitrogens with one attached hydrogen (secondary N) is 1. The Kier molecular flexibility index (Phi) is 4.44. The molecule has 0 radical (unpaired) electrons. The van der Waals surface area contributed by atoms with Gasteiger partial charge in [-0.1, -0.05) is 60.7 Å². The maximum Gasteiger partial charge on any atom is 0.148 e. The smallest absolute Gasteiger partial charge is 0.148 e. The van der Waals surface area contributed by atoms with Gasteiger partial charge in [-0.25, -0.2) is 9.97 Å². The Morgan fingerprint density at radius 3 is 2.27 bits per heavy atom. The summed E-state index contributed by atoms with van der Waals surface area (Å²) in [7, 11) is 0. The third kappa shape index (κ3) is 3.31. The van der Waals surface area contributed by atoms with Crippen molar-refractivity contribution in [3.05, 3.63) is 78.1 Å². The Labute approximate surface area is 131 Å². The first kappa shape index (κ1) is 14.3. The van der Waals surface area contributed by atoms with E-state index in [0.29, 0.717) is 0 Å². The highest BCUT2D eigenvalue weighted by molar-refractivity contribution is 5.60. The molecule has 3 aromatic rings. The zero-order valence-electron chi connectivity index (χ0n) is 12.7. The average molecular weight is 289 g/mol. The van der Waals surface area contributed by atoms with Crippen molar-refractivity contribution in [3.8, 4) is 11.3 Å². The van der Waals surface area contributed by atoms with Gasteiger partial charge < -0.3 is 5.32 Å². The standard InChI is InChI=1S/C19H19N3/c1-2-20-19-17(13-15-9-5-3-6-10-15)22-18(14-21-19)16-11-7-4-8-12-16/h3-12,14H,2,13H2,1H3,(H,20,21). The number of anilines is 1. The zero-order chi connectivity index (χ0) is 15.2. The first-order valence-corrected chi connectivity index (χ1v) is 7.56. The molecule has 1 N–H and O–H groups in total. The van der Waals surface area contributed by atoms with Crippen molar-refractivity contribution >= 4 is 5.82 Å². The molecule has 1 aromatic heterocycles. The van der Waals surface area contributed by atoms with E-state index in [4.69, 9.17) is 4.98 Å². The Morgan fingerprint density at radius 2 is 1.59 bits per heavy atom. The summed E-state index contributed by atoms with van der Waals surface area (Å²) in [6.45, 7) is 2.90. The second-order valence-corrected chi connectivity index (χ2v) is 5.11. The van der Waals surface area contributed by atoms with Gasteiger partial charge in [0.05, 0.1) is 17.6 Å². The van der Waals surface area contributed by atoms with E-state index < -0.39 is 0 Å². The summed E-state index contributed by atoms with van der Waals surface area (Å²) in [6, 6.07) is 20.5. The predicted octanol–water partition coefficient (Wildman–Crippen LogP) is 4.17. The number of aromatic nitrogens is 2. The fourth-order valence-electron chi connectivity index (χ4n) is 2.40. The maximum absolute atomic E-state index is 4.83. The fraction of sp³-hybridized carbons (Fsp3) is 0.158. The van der Waals surface area contributed by atoms with E-state index in [-0.39, 0.29) is 0 Å². The van der Waals surface area contributed by atoms with Gasteiger partial charge in [0.1, 0.15) is 5.82 Å². The van der Waals surface area contributed by atoms with Crippen LogP contribution in [0.2, 0.25) is 0 Å². The number of hydrogen-bond acceptors (Lipinski definition) is 3. The van der Waals surface area contributed by atoms with Crippen molar-refractivity contribution in [2.45, 2.75) is 13.3 Å². The molecule has 0 aliphatic heterocycles. The van der Waals surface area contributed by atoms with Gasteiger partial charge in [-0.15, -0.1) is 0 Å². The molecule has 0 saturated heterocycles. The lowest BCUT2D eigenvalue weighted by atomic mass is 10.1. The maximum atomic E-state index is 4.83. The van der Waals surface area contributed by atoms with Crippen molar-refractivity contribution in [2.75, 3.05) is 11.9 Å². The lowest BCUT2D eigenvalue weighted by Crippen LogP contribution is -2.07. The molecule has 3 nitrogen and oxygen atoms in total. The summed E-state index contributed by atoms with van der Waals surface area (Å²) in [5.74, 6) is 0.867. The van der Waals surface area contributed by atoms with E-state index in [1.54, 1.807) is 0 Å². The van der Waals surface area contributed by atoms with Crippen LogP contribution in [0.5, 0.6) is 0 Å². The van der Waals surface area contributed by atoms with Crippen molar-refractivity contribution in [2.24, 2.45) is 0 Å². The molecule has 0 bridgehead atoms. The Bertz CT molecular complexity index is 724. The zero-order valence-corrected chi connectivity index (χ0v) is 12.7. The van der Waals surface area contributed by atoms with Crippen molar-refractivity contribution in [1.82, 2.24) is 9.97 Å². The van der Waals surface area contributed by atoms with Gasteiger partial charge in [0.25, 0.3) is 0 Å². The first-order chi connectivity index (χ1) is 10.9. The van der Waals surface area contributed by atoms with Crippen LogP contribution in [0.1, 0.15) is 18.2 Å². The minimum Gasteiger partial charge on any atom is -0.369 e. The molecule has 2 aromatic carbocycles. The van der Waals surface area contributed by atoms with Crippen LogP contribution in [0.25, 0.3) is 11.3 Å². The summed E-state index contributed by atoms with van der Waals surface area (Å²) < 4.78 is 0. The molecule has 0 aliphatic rings. The largest absolute Gasteiger partial charge is 0.369 e. The Balaban J connectivity index is 1.97. The summed E-state index contributed by atoms with van der Waals surface area (Å²) in [5.41, 5.74) is 4.22. The van der Waals surface area contributed by atoms with Crippen LogP contribution in [0.4, 0.5) is 5.82 Å². The van der Waals surface area contributed by atoms with Crippen LogP contribution in [-0.4, -0.2) is 16.5 Å². The SMILES string of the molecule is CCNc1ncc(-c2ccccc2)nc1Cc1ccccc1. The second kappa shape index (κ2) is 6.85. The molecule has 110 valence electrons. The van der Waals surface area contributed by atoms with Crippen molar-refractivity contribution in [3.63, 3.8) is 0 Å². The van der Waals surface area contributed by atoms with Crippen LogP contribution in [0, 0.1) is 0 Å². The molecule has 0 fully saturated rings. The first-order valence-electron chi connectivity index (χ1n) is 7.56. The molecular formula is C19H19N3. The highest BCUT2D eigenvalue weighted by Crippen LogP contribution is 2.21. The van der Waals surface area contributed by atoms with E-state index in [9.17, 15) is 0 Å². The lowest BCUT2D eigenvalue weighted by Gasteiger charge is -2.11. The summed E-state index contributed by atoms with van der Waals surface area (Å²) >= 11 is 0. The summed E-state index contributed by atoms with van der Waals surface area (Å²) in [4.78, 5) is 9.40. The third-order valence-corrected chi connectivity index (χ3v) is 3.47. The molecule has 3 rings (SSSR count). The average Bonchev–Trinajstić information content (AvgIpc) is 2.58. The van der Waals surface area contributed by atoms with E-state index in [2.05, 4.69) is 53.6 Å². The quantitative estimate of drug-likeness (QED) is 0.766. The fourth-order valence-corrected chi connectivity index (χ4v) is 2.40. The van der Waals surface area contributed by atoms with Crippen LogP contribution in [0.15, 0.2) is 66.9 Å². The normalized spacial score (nSPS) is 10.4. The Morgan fingerprint density at radius 1 is 0.909 bits per heavy atom. The molecule has 0 spiro atoms. The number of benzene rings is 2. The monoisotopic (exact) mass is 289 g/mol. The second-order valence-electron chi connectivity index (χ2n) is 5.11. The minimum atomic E-state index is 0.775. The van der Waals surface area contributed by atoms with Crippen LogP contribution in [0.3, 0.4) is 0 Å². The summed E-state index contributed by atoms with van der Waals surface area (Å²) in [6.07, 6.45) is 2.61. The molecule has 0 unspecified atom stereocenters. The van der Waals surface area contributed by atoms with Crippen LogP contribution >= 0.6 is 0 Å².